The highest BCUT2D eigenvalue weighted by Crippen LogP contribution is 2.25. The highest BCUT2D eigenvalue weighted by Gasteiger charge is 2.23. The van der Waals surface area contributed by atoms with Gasteiger partial charge >= 0.3 is 0 Å². The molecule has 0 saturated carbocycles. The van der Waals surface area contributed by atoms with Gasteiger partial charge in [-0.25, -0.2) is 13.6 Å². The zero-order chi connectivity index (χ0) is 15.7. The number of carbonyl (C=O) groups excluding carboxylic acids is 1. The monoisotopic (exact) mass is 318 g/mol. The Balaban J connectivity index is 3.40. The summed E-state index contributed by atoms with van der Waals surface area (Å²) in [4.78, 5) is 13.9. The van der Waals surface area contributed by atoms with Gasteiger partial charge in [0.1, 0.15) is 0 Å². The SMILES string of the molecule is CCC(C)N(C)C(=O)c1cc(Cl)cc(S(N)(=O)=O)c1C. The van der Waals surface area contributed by atoms with Crippen LogP contribution >= 0.6 is 11.6 Å². The van der Waals surface area contributed by atoms with Crippen molar-refractivity contribution in [2.75, 3.05) is 7.05 Å². The molecule has 7 heteroatoms. The third-order valence-electron chi connectivity index (χ3n) is 3.43. The maximum atomic E-state index is 12.4. The summed E-state index contributed by atoms with van der Waals surface area (Å²) in [7, 11) is -2.24. The minimum atomic E-state index is -3.92. The van der Waals surface area contributed by atoms with Gasteiger partial charge in [0.25, 0.3) is 5.91 Å². The number of halogens is 1. The van der Waals surface area contributed by atoms with Crippen molar-refractivity contribution < 1.29 is 13.2 Å². The number of benzene rings is 1. The fourth-order valence-electron chi connectivity index (χ4n) is 1.84. The van der Waals surface area contributed by atoms with E-state index in [9.17, 15) is 13.2 Å². The normalized spacial score (nSPS) is 13.1. The fourth-order valence-corrected chi connectivity index (χ4v) is 2.95. The minimum Gasteiger partial charge on any atom is -0.339 e. The second-order valence-corrected chi connectivity index (χ2v) is 6.76. The molecule has 1 unspecified atom stereocenters. The zero-order valence-electron chi connectivity index (χ0n) is 12.0. The van der Waals surface area contributed by atoms with Crippen LogP contribution in [0.4, 0.5) is 0 Å². The molecule has 0 aliphatic heterocycles. The van der Waals surface area contributed by atoms with Crippen molar-refractivity contribution in [3.05, 3.63) is 28.3 Å². The lowest BCUT2D eigenvalue weighted by atomic mass is 10.1. The Bertz CT molecular complexity index is 629. The lowest BCUT2D eigenvalue weighted by Crippen LogP contribution is -2.35. The van der Waals surface area contributed by atoms with Crippen LogP contribution in [0.3, 0.4) is 0 Å². The average molecular weight is 319 g/mol. The van der Waals surface area contributed by atoms with E-state index in [4.69, 9.17) is 16.7 Å². The van der Waals surface area contributed by atoms with Crippen molar-refractivity contribution in [3.8, 4) is 0 Å². The van der Waals surface area contributed by atoms with E-state index in [-0.39, 0.29) is 27.4 Å². The van der Waals surface area contributed by atoms with Gasteiger partial charge < -0.3 is 4.90 Å². The van der Waals surface area contributed by atoms with Gasteiger partial charge in [0.05, 0.1) is 4.90 Å². The molecule has 1 atom stereocenters. The molecule has 5 nitrogen and oxygen atoms in total. The Kier molecular flexibility index (Phi) is 5.18. The van der Waals surface area contributed by atoms with Crippen LogP contribution in [0.5, 0.6) is 0 Å². The highest BCUT2D eigenvalue weighted by atomic mass is 35.5. The zero-order valence-corrected chi connectivity index (χ0v) is 13.5. The van der Waals surface area contributed by atoms with Crippen LogP contribution < -0.4 is 5.14 Å². The number of nitrogens with zero attached hydrogens (tertiary/aromatic N) is 1. The summed E-state index contributed by atoms with van der Waals surface area (Å²) >= 11 is 5.90. The highest BCUT2D eigenvalue weighted by molar-refractivity contribution is 7.89. The molecule has 1 amide bonds. The van der Waals surface area contributed by atoms with E-state index in [0.29, 0.717) is 5.56 Å². The Morgan fingerprint density at radius 1 is 1.45 bits per heavy atom. The molecule has 1 aromatic carbocycles. The number of carbonyl (C=O) groups is 1. The Labute approximate surface area is 124 Å². The van der Waals surface area contributed by atoms with Gasteiger partial charge in [0.15, 0.2) is 0 Å². The molecule has 0 radical (unpaired) electrons. The van der Waals surface area contributed by atoms with Crippen LogP contribution in [-0.4, -0.2) is 32.3 Å². The largest absolute Gasteiger partial charge is 0.339 e. The first-order chi connectivity index (χ1) is 9.09. The molecule has 2 N–H and O–H groups in total. The smallest absolute Gasteiger partial charge is 0.254 e. The second-order valence-electron chi connectivity index (χ2n) is 4.79. The van der Waals surface area contributed by atoms with E-state index in [0.717, 1.165) is 6.42 Å². The third kappa shape index (κ3) is 3.50. The fraction of sp³-hybridized carbons (Fsp3) is 0.462. The minimum absolute atomic E-state index is 0.0406. The predicted molar refractivity (Wildman–Crippen MR) is 79.4 cm³/mol. The lowest BCUT2D eigenvalue weighted by molar-refractivity contribution is 0.0739. The quantitative estimate of drug-likeness (QED) is 0.923. The maximum Gasteiger partial charge on any atom is 0.254 e. The summed E-state index contributed by atoms with van der Waals surface area (Å²) in [5.41, 5.74) is 0.571. The molecule has 1 aromatic rings. The lowest BCUT2D eigenvalue weighted by Gasteiger charge is -2.25. The first-order valence-corrected chi connectivity index (χ1v) is 8.12. The Morgan fingerprint density at radius 2 is 2.00 bits per heavy atom. The summed E-state index contributed by atoms with van der Waals surface area (Å²) in [5, 5.41) is 5.31. The molecule has 20 heavy (non-hydrogen) atoms. The van der Waals surface area contributed by atoms with Crippen molar-refractivity contribution >= 4 is 27.5 Å². The summed E-state index contributed by atoms with van der Waals surface area (Å²) in [5.74, 6) is -0.274. The first kappa shape index (κ1) is 16.9. The molecule has 0 heterocycles. The van der Waals surface area contributed by atoms with E-state index in [2.05, 4.69) is 0 Å². The molecule has 0 aliphatic rings. The number of sulfonamides is 1. The summed E-state index contributed by atoms with van der Waals surface area (Å²) in [6.07, 6.45) is 0.796. The van der Waals surface area contributed by atoms with Gasteiger partial charge in [-0.2, -0.15) is 0 Å². The third-order valence-corrected chi connectivity index (χ3v) is 4.69. The van der Waals surface area contributed by atoms with Crippen LogP contribution in [-0.2, 0) is 10.0 Å². The van der Waals surface area contributed by atoms with Crippen molar-refractivity contribution in [1.82, 2.24) is 4.90 Å². The van der Waals surface area contributed by atoms with E-state index in [1.807, 2.05) is 13.8 Å². The van der Waals surface area contributed by atoms with Crippen molar-refractivity contribution in [1.29, 1.82) is 0 Å². The topological polar surface area (TPSA) is 80.5 Å². The summed E-state index contributed by atoms with van der Waals surface area (Å²) in [6.45, 7) is 5.43. The van der Waals surface area contributed by atoms with Gasteiger partial charge in [0, 0.05) is 23.7 Å². The predicted octanol–water partition coefficient (Wildman–Crippen LogP) is 2.17. The number of amides is 1. The Morgan fingerprint density at radius 3 is 2.45 bits per heavy atom. The first-order valence-electron chi connectivity index (χ1n) is 6.19. The standard InChI is InChI=1S/C13H19ClN2O3S/c1-5-8(2)16(4)13(17)11-6-10(14)7-12(9(11)3)20(15,18)19/h6-8H,5H2,1-4H3,(H2,15,18,19). The van der Waals surface area contributed by atoms with Crippen LogP contribution in [0.15, 0.2) is 17.0 Å². The van der Waals surface area contributed by atoms with Crippen molar-refractivity contribution in [2.24, 2.45) is 5.14 Å². The summed E-state index contributed by atoms with van der Waals surface area (Å²) < 4.78 is 23.1. The number of rotatable bonds is 4. The van der Waals surface area contributed by atoms with E-state index >= 15 is 0 Å². The van der Waals surface area contributed by atoms with Crippen molar-refractivity contribution in [2.45, 2.75) is 38.1 Å². The molecular weight excluding hydrogens is 300 g/mol. The van der Waals surface area contributed by atoms with E-state index in [1.54, 1.807) is 18.9 Å². The number of primary sulfonamides is 1. The average Bonchev–Trinajstić information content (AvgIpc) is 2.37. The molecule has 0 aromatic heterocycles. The van der Waals surface area contributed by atoms with Crippen LogP contribution in [0.25, 0.3) is 0 Å². The van der Waals surface area contributed by atoms with Gasteiger partial charge in [-0.15, -0.1) is 0 Å². The van der Waals surface area contributed by atoms with Crippen LogP contribution in [0.1, 0.15) is 36.2 Å². The number of hydrogen-bond acceptors (Lipinski definition) is 3. The van der Waals surface area contributed by atoms with Crippen molar-refractivity contribution in [3.63, 3.8) is 0 Å². The van der Waals surface area contributed by atoms with Gasteiger partial charge in [-0.3, -0.25) is 4.79 Å². The van der Waals surface area contributed by atoms with E-state index in [1.165, 1.54) is 12.1 Å². The molecular formula is C13H19ClN2O3S. The van der Waals surface area contributed by atoms with E-state index < -0.39 is 10.0 Å². The number of hydrogen-bond donors (Lipinski definition) is 1. The molecule has 0 saturated heterocycles. The number of nitrogens with two attached hydrogens (primary N) is 1. The van der Waals surface area contributed by atoms with Crippen LogP contribution in [0, 0.1) is 6.92 Å². The maximum absolute atomic E-state index is 12.4. The van der Waals surface area contributed by atoms with Gasteiger partial charge in [-0.1, -0.05) is 18.5 Å². The molecule has 0 aliphatic carbocycles. The summed E-state index contributed by atoms with van der Waals surface area (Å²) in [6, 6.07) is 2.76. The van der Waals surface area contributed by atoms with Gasteiger partial charge in [0.2, 0.25) is 10.0 Å². The molecule has 0 fully saturated rings. The molecule has 112 valence electrons. The Hall–Kier alpha value is -1.11. The second kappa shape index (κ2) is 6.11. The molecule has 0 spiro atoms. The van der Waals surface area contributed by atoms with Crippen LogP contribution in [0.2, 0.25) is 5.02 Å². The molecule has 0 bridgehead atoms. The van der Waals surface area contributed by atoms with Gasteiger partial charge in [-0.05, 0) is 38.0 Å². The molecule has 1 rings (SSSR count).